The fourth-order valence-electron chi connectivity index (χ4n) is 2.18. The van der Waals surface area contributed by atoms with Crippen molar-refractivity contribution in [2.45, 2.75) is 13.5 Å². The number of ether oxygens (including phenoxy) is 2. The molecule has 3 aromatic rings. The summed E-state index contributed by atoms with van der Waals surface area (Å²) >= 11 is 1.32. The molecule has 0 bridgehead atoms. The Labute approximate surface area is 140 Å². The summed E-state index contributed by atoms with van der Waals surface area (Å²) in [7, 11) is 1.40. The molecule has 1 aromatic carbocycles. The van der Waals surface area contributed by atoms with Gasteiger partial charge in [0.05, 0.1) is 18.4 Å². The second-order valence-corrected chi connectivity index (χ2v) is 5.84. The van der Waals surface area contributed by atoms with E-state index in [1.165, 1.54) is 41.0 Å². The second kappa shape index (κ2) is 6.40. The summed E-state index contributed by atoms with van der Waals surface area (Å²) in [5.41, 5.74) is 0.640. The molecular weight excluding hydrogens is 335 g/mol. The lowest BCUT2D eigenvalue weighted by Crippen LogP contribution is -2.16. The first-order valence-electron chi connectivity index (χ1n) is 6.97. The number of methoxy groups -OCH3 is 1. The number of carbonyl (C=O) groups is 1. The highest BCUT2D eigenvalue weighted by Gasteiger charge is 2.15. The molecule has 0 aliphatic rings. The van der Waals surface area contributed by atoms with Crippen molar-refractivity contribution in [3.05, 3.63) is 62.8 Å². The number of fused-ring (bicyclic) bond motifs is 1. The van der Waals surface area contributed by atoms with Gasteiger partial charge in [0.25, 0.3) is 5.56 Å². The summed E-state index contributed by atoms with van der Waals surface area (Å²) in [4.78, 5) is 28.8. The van der Waals surface area contributed by atoms with E-state index in [-0.39, 0.29) is 17.7 Å². The molecule has 0 unspecified atom stereocenters. The van der Waals surface area contributed by atoms with Crippen LogP contribution < -0.4 is 10.3 Å². The molecule has 2 aromatic heterocycles. The van der Waals surface area contributed by atoms with Crippen LogP contribution in [-0.2, 0) is 11.3 Å². The molecule has 0 spiro atoms. The molecule has 2 heterocycles. The van der Waals surface area contributed by atoms with Crippen molar-refractivity contribution >= 4 is 22.3 Å². The summed E-state index contributed by atoms with van der Waals surface area (Å²) in [6.45, 7) is 1.59. The van der Waals surface area contributed by atoms with Gasteiger partial charge in [0.15, 0.2) is 4.96 Å². The van der Waals surface area contributed by atoms with Gasteiger partial charge in [-0.3, -0.25) is 9.20 Å². The second-order valence-electron chi connectivity index (χ2n) is 5.00. The Kier molecular flexibility index (Phi) is 4.30. The molecule has 0 amide bonds. The van der Waals surface area contributed by atoms with Gasteiger partial charge in [-0.2, -0.15) is 0 Å². The number of hydrogen-bond acceptors (Lipinski definition) is 6. The SMILES string of the molecule is COc1ccc(C(=O)OCc2cc(=O)n3c(C)csc3n2)c(F)c1. The molecule has 8 heteroatoms. The Balaban J connectivity index is 1.78. The van der Waals surface area contributed by atoms with Gasteiger partial charge in [-0.1, -0.05) is 0 Å². The standard InChI is InChI=1S/C16H13FN2O4S/c1-9-8-24-16-18-10(5-14(20)19(9)16)7-23-15(21)12-4-3-11(22-2)6-13(12)17/h3-6,8H,7H2,1-2H3. The van der Waals surface area contributed by atoms with Gasteiger partial charge in [0.2, 0.25) is 0 Å². The summed E-state index contributed by atoms with van der Waals surface area (Å²) in [6.07, 6.45) is 0. The minimum atomic E-state index is -0.834. The predicted molar refractivity (Wildman–Crippen MR) is 86.1 cm³/mol. The zero-order valence-electron chi connectivity index (χ0n) is 12.9. The van der Waals surface area contributed by atoms with Gasteiger partial charge in [0.1, 0.15) is 18.2 Å². The number of nitrogens with zero attached hydrogens (tertiary/aromatic N) is 2. The normalized spacial score (nSPS) is 10.8. The first-order chi connectivity index (χ1) is 11.5. The van der Waals surface area contributed by atoms with Gasteiger partial charge in [-0.15, -0.1) is 11.3 Å². The Hall–Kier alpha value is -2.74. The summed E-state index contributed by atoms with van der Waals surface area (Å²) in [5, 5.41) is 1.81. The van der Waals surface area contributed by atoms with Crippen LogP contribution in [0, 0.1) is 12.7 Å². The number of rotatable bonds is 4. The van der Waals surface area contributed by atoms with Crippen molar-refractivity contribution in [2.75, 3.05) is 7.11 Å². The van der Waals surface area contributed by atoms with Crippen LogP contribution in [0.3, 0.4) is 0 Å². The van der Waals surface area contributed by atoms with Crippen LogP contribution in [0.2, 0.25) is 0 Å². The number of benzene rings is 1. The fraction of sp³-hybridized carbons (Fsp3) is 0.188. The molecule has 0 saturated carbocycles. The van der Waals surface area contributed by atoms with Crippen LogP contribution in [0.5, 0.6) is 5.75 Å². The van der Waals surface area contributed by atoms with E-state index in [9.17, 15) is 14.0 Å². The zero-order chi connectivity index (χ0) is 17.3. The van der Waals surface area contributed by atoms with E-state index in [4.69, 9.17) is 9.47 Å². The maximum Gasteiger partial charge on any atom is 0.341 e. The number of thiazole rings is 1. The molecule has 0 aliphatic heterocycles. The lowest BCUT2D eigenvalue weighted by molar-refractivity contribution is 0.0462. The summed E-state index contributed by atoms with van der Waals surface area (Å²) < 4.78 is 25.2. The van der Waals surface area contributed by atoms with E-state index in [1.807, 2.05) is 5.38 Å². The maximum atomic E-state index is 13.8. The molecule has 0 fully saturated rings. The van der Waals surface area contributed by atoms with Gasteiger partial charge < -0.3 is 9.47 Å². The molecule has 0 radical (unpaired) electrons. The topological polar surface area (TPSA) is 69.9 Å². The quantitative estimate of drug-likeness (QED) is 0.678. The molecule has 0 atom stereocenters. The Morgan fingerprint density at radius 3 is 2.88 bits per heavy atom. The third-order valence-corrected chi connectivity index (χ3v) is 4.32. The molecule has 0 N–H and O–H groups in total. The van der Waals surface area contributed by atoms with E-state index < -0.39 is 11.8 Å². The molecular formula is C16H13FN2O4S. The van der Waals surface area contributed by atoms with Crippen molar-refractivity contribution < 1.29 is 18.7 Å². The number of aryl methyl sites for hydroxylation is 1. The van der Waals surface area contributed by atoms with E-state index in [1.54, 1.807) is 6.92 Å². The number of aromatic nitrogens is 2. The van der Waals surface area contributed by atoms with Crippen molar-refractivity contribution in [2.24, 2.45) is 0 Å². The molecule has 3 rings (SSSR count). The Morgan fingerprint density at radius 2 is 2.17 bits per heavy atom. The molecule has 0 saturated heterocycles. The van der Waals surface area contributed by atoms with Gasteiger partial charge in [-0.05, 0) is 19.1 Å². The minimum absolute atomic E-state index is 0.208. The van der Waals surface area contributed by atoms with Crippen molar-refractivity contribution in [1.29, 1.82) is 0 Å². The Bertz CT molecular complexity index is 980. The van der Waals surface area contributed by atoms with Crippen LogP contribution in [0.1, 0.15) is 21.7 Å². The molecule has 24 heavy (non-hydrogen) atoms. The first kappa shape index (κ1) is 16.1. The average molecular weight is 348 g/mol. The lowest BCUT2D eigenvalue weighted by atomic mass is 10.2. The van der Waals surface area contributed by atoms with Crippen LogP contribution >= 0.6 is 11.3 Å². The molecule has 124 valence electrons. The van der Waals surface area contributed by atoms with Crippen LogP contribution in [0.15, 0.2) is 34.4 Å². The number of esters is 1. The molecule has 0 aliphatic carbocycles. The zero-order valence-corrected chi connectivity index (χ0v) is 13.7. The first-order valence-corrected chi connectivity index (χ1v) is 7.85. The monoisotopic (exact) mass is 348 g/mol. The van der Waals surface area contributed by atoms with Crippen molar-refractivity contribution in [3.63, 3.8) is 0 Å². The highest BCUT2D eigenvalue weighted by Crippen LogP contribution is 2.17. The predicted octanol–water partition coefficient (Wildman–Crippen LogP) is 2.57. The van der Waals surface area contributed by atoms with E-state index in [0.717, 1.165) is 11.8 Å². The third-order valence-electron chi connectivity index (χ3n) is 3.38. The highest BCUT2D eigenvalue weighted by atomic mass is 32.1. The third kappa shape index (κ3) is 3.00. The lowest BCUT2D eigenvalue weighted by Gasteiger charge is -2.07. The largest absolute Gasteiger partial charge is 0.497 e. The van der Waals surface area contributed by atoms with Gasteiger partial charge >= 0.3 is 5.97 Å². The van der Waals surface area contributed by atoms with E-state index in [2.05, 4.69) is 4.98 Å². The van der Waals surface area contributed by atoms with Crippen molar-refractivity contribution in [3.8, 4) is 5.75 Å². The average Bonchev–Trinajstić information content (AvgIpc) is 2.94. The van der Waals surface area contributed by atoms with Crippen molar-refractivity contribution in [1.82, 2.24) is 9.38 Å². The minimum Gasteiger partial charge on any atom is -0.497 e. The fourth-order valence-corrected chi connectivity index (χ4v) is 3.07. The Morgan fingerprint density at radius 1 is 1.38 bits per heavy atom. The summed E-state index contributed by atoms with van der Waals surface area (Å²) in [5.74, 6) is -1.27. The van der Waals surface area contributed by atoms with Gasteiger partial charge in [-0.25, -0.2) is 14.2 Å². The van der Waals surface area contributed by atoms with Gasteiger partial charge in [0, 0.05) is 23.2 Å². The van der Waals surface area contributed by atoms with E-state index >= 15 is 0 Å². The smallest absolute Gasteiger partial charge is 0.341 e. The van der Waals surface area contributed by atoms with E-state index in [0.29, 0.717) is 16.4 Å². The highest BCUT2D eigenvalue weighted by molar-refractivity contribution is 7.15. The van der Waals surface area contributed by atoms with Crippen LogP contribution in [0.25, 0.3) is 4.96 Å². The van der Waals surface area contributed by atoms with Crippen LogP contribution in [0.4, 0.5) is 4.39 Å². The number of halogens is 1. The van der Waals surface area contributed by atoms with Crippen LogP contribution in [-0.4, -0.2) is 22.5 Å². The molecule has 6 nitrogen and oxygen atoms in total. The number of carbonyl (C=O) groups excluding carboxylic acids is 1. The maximum absolute atomic E-state index is 13.8. The summed E-state index contributed by atoms with van der Waals surface area (Å²) in [6, 6.07) is 5.14. The number of hydrogen-bond donors (Lipinski definition) is 0.